The molecule has 2 aliphatic heterocycles. The molecule has 1 aromatic heterocycles. The number of benzene rings is 2. The number of nitrogens with zero attached hydrogens (tertiary/aromatic N) is 2. The molecule has 6 nitrogen and oxygen atoms in total. The quantitative estimate of drug-likeness (QED) is 0.402. The molecule has 3 aromatic rings. The van der Waals surface area contributed by atoms with E-state index in [1.165, 1.54) is 29.5 Å². The van der Waals surface area contributed by atoms with Crippen molar-refractivity contribution in [2.24, 2.45) is 13.0 Å². The van der Waals surface area contributed by atoms with E-state index in [-0.39, 0.29) is 17.9 Å². The van der Waals surface area contributed by atoms with Crippen LogP contribution in [-0.4, -0.2) is 52.2 Å². The molecule has 1 N–H and O–H groups in total. The Morgan fingerprint density at radius 1 is 1.17 bits per heavy atom. The fraction of sp³-hybridized carbons (Fsp3) is 0.457. The Morgan fingerprint density at radius 3 is 2.78 bits per heavy atom. The van der Waals surface area contributed by atoms with E-state index in [4.69, 9.17) is 9.47 Å². The van der Waals surface area contributed by atoms with Crippen LogP contribution in [0.1, 0.15) is 65.4 Å². The Hall–Kier alpha value is -3.35. The number of aryl methyl sites for hydroxylation is 1. The van der Waals surface area contributed by atoms with Gasteiger partial charge < -0.3 is 19.1 Å². The summed E-state index contributed by atoms with van der Waals surface area (Å²) in [4.78, 5) is 15.4. The molecule has 5 aliphatic rings. The van der Waals surface area contributed by atoms with Crippen molar-refractivity contribution in [1.29, 1.82) is 0 Å². The van der Waals surface area contributed by atoms with Crippen molar-refractivity contribution >= 4 is 11.9 Å². The first-order valence-electron chi connectivity index (χ1n) is 15.2. The van der Waals surface area contributed by atoms with Gasteiger partial charge in [-0.25, -0.2) is 0 Å². The highest BCUT2D eigenvalue weighted by molar-refractivity contribution is 5.93. The lowest BCUT2D eigenvalue weighted by atomic mass is 9.49. The molecule has 41 heavy (non-hydrogen) atoms. The highest BCUT2D eigenvalue weighted by Gasteiger charge is 2.73. The number of carbonyl (C=O) groups is 1. The van der Waals surface area contributed by atoms with Crippen LogP contribution in [0.3, 0.4) is 0 Å². The standard InChI is InChI=1S/C35H38N2O4/c1-36-26(12-14-27(38)13-10-22-6-4-3-5-7-22)18-25-20-35(39)29-19-24-11-15-28(40-2)32-30(24)34(35,33(41-32)31(25)36)16-17-37(29)21-23-8-9-23/h3-7,11-12,14-15,18,23,29,33,39H,8-10,13,16-17,19-21H2,1-2H3/b14-12+/t29-,33?,34-,35+/m0/s1. The summed E-state index contributed by atoms with van der Waals surface area (Å²) in [5.74, 6) is 2.44. The van der Waals surface area contributed by atoms with Crippen molar-refractivity contribution in [1.82, 2.24) is 9.47 Å². The van der Waals surface area contributed by atoms with Gasteiger partial charge in [-0.2, -0.15) is 0 Å². The fourth-order valence-corrected chi connectivity index (χ4v) is 8.62. The number of carbonyl (C=O) groups excluding carboxylic acids is 1. The second-order valence-electron chi connectivity index (χ2n) is 12.9. The Bertz CT molecular complexity index is 1570. The first-order chi connectivity index (χ1) is 19.9. The van der Waals surface area contributed by atoms with Gasteiger partial charge in [0.1, 0.15) is 0 Å². The highest BCUT2D eigenvalue weighted by atomic mass is 16.5. The molecular formula is C35H38N2O4. The molecule has 1 saturated carbocycles. The molecule has 3 aliphatic carbocycles. The molecule has 8 rings (SSSR count). The van der Waals surface area contributed by atoms with Gasteiger partial charge >= 0.3 is 0 Å². The van der Waals surface area contributed by atoms with Gasteiger partial charge in [-0.05, 0) is 85.5 Å². The van der Waals surface area contributed by atoms with E-state index in [1.54, 1.807) is 13.2 Å². The molecule has 2 aromatic carbocycles. The highest BCUT2D eigenvalue weighted by Crippen LogP contribution is 2.69. The van der Waals surface area contributed by atoms with E-state index >= 15 is 0 Å². The second-order valence-corrected chi connectivity index (χ2v) is 12.9. The van der Waals surface area contributed by atoms with Crippen molar-refractivity contribution in [3.8, 4) is 11.5 Å². The lowest BCUT2D eigenvalue weighted by molar-refractivity contribution is -0.173. The number of aromatic nitrogens is 1. The molecule has 1 unspecified atom stereocenters. The van der Waals surface area contributed by atoms with E-state index < -0.39 is 11.0 Å². The third-order valence-corrected chi connectivity index (χ3v) is 10.8. The molecule has 1 saturated heterocycles. The van der Waals surface area contributed by atoms with E-state index in [0.717, 1.165) is 66.7 Å². The fourth-order valence-electron chi connectivity index (χ4n) is 8.62. The number of hydrogen-bond acceptors (Lipinski definition) is 5. The minimum absolute atomic E-state index is 0.0571. The lowest BCUT2D eigenvalue weighted by Crippen LogP contribution is -2.74. The van der Waals surface area contributed by atoms with Crippen LogP contribution < -0.4 is 9.47 Å². The average molecular weight is 551 g/mol. The Labute approximate surface area is 241 Å². The third kappa shape index (κ3) is 3.59. The summed E-state index contributed by atoms with van der Waals surface area (Å²) in [5, 5.41) is 13.0. The number of allylic oxidation sites excluding steroid dienone is 1. The predicted molar refractivity (Wildman–Crippen MR) is 157 cm³/mol. The lowest BCUT2D eigenvalue weighted by Gasteiger charge is -2.63. The monoisotopic (exact) mass is 550 g/mol. The Kier molecular flexibility index (Phi) is 5.61. The molecule has 6 heteroatoms. The largest absolute Gasteiger partial charge is 0.493 e. The summed E-state index contributed by atoms with van der Waals surface area (Å²) in [6.45, 7) is 2.05. The van der Waals surface area contributed by atoms with Crippen molar-refractivity contribution in [2.75, 3.05) is 20.2 Å². The Balaban J connectivity index is 1.18. The molecule has 1 spiro atoms. The van der Waals surface area contributed by atoms with Gasteiger partial charge in [-0.1, -0.05) is 36.4 Å². The molecular weight excluding hydrogens is 512 g/mol. The minimum atomic E-state index is -0.934. The molecule has 2 fully saturated rings. The van der Waals surface area contributed by atoms with Crippen LogP contribution in [0, 0.1) is 5.92 Å². The van der Waals surface area contributed by atoms with Crippen molar-refractivity contribution in [3.05, 3.63) is 88.2 Å². The summed E-state index contributed by atoms with van der Waals surface area (Å²) in [7, 11) is 3.77. The molecule has 4 atom stereocenters. The van der Waals surface area contributed by atoms with E-state index in [1.807, 2.05) is 30.3 Å². The van der Waals surface area contributed by atoms with Gasteiger partial charge in [0, 0.05) is 43.7 Å². The summed E-state index contributed by atoms with van der Waals surface area (Å²) in [5.41, 5.74) is 5.40. The number of rotatable bonds is 8. The van der Waals surface area contributed by atoms with E-state index in [2.05, 4.69) is 40.8 Å². The van der Waals surface area contributed by atoms with Gasteiger partial charge in [-0.3, -0.25) is 9.69 Å². The van der Waals surface area contributed by atoms with E-state index in [9.17, 15) is 9.90 Å². The minimum Gasteiger partial charge on any atom is -0.493 e. The number of fused-ring (bicyclic) bond motifs is 2. The van der Waals surface area contributed by atoms with Crippen LogP contribution in [-0.2, 0) is 36.5 Å². The maximum Gasteiger partial charge on any atom is 0.166 e. The first kappa shape index (κ1) is 25.4. The smallest absolute Gasteiger partial charge is 0.166 e. The number of ketones is 1. The summed E-state index contributed by atoms with van der Waals surface area (Å²) in [6.07, 6.45) is 9.47. The van der Waals surface area contributed by atoms with Gasteiger partial charge in [0.2, 0.25) is 0 Å². The zero-order valence-electron chi connectivity index (χ0n) is 23.9. The number of ether oxygens (including phenoxy) is 2. The third-order valence-electron chi connectivity index (χ3n) is 10.8. The summed E-state index contributed by atoms with van der Waals surface area (Å²) < 4.78 is 14.9. The predicted octanol–water partition coefficient (Wildman–Crippen LogP) is 4.95. The molecule has 212 valence electrons. The van der Waals surface area contributed by atoms with Crippen LogP contribution in [0.25, 0.3) is 6.08 Å². The normalized spacial score (nSPS) is 29.2. The molecule has 3 heterocycles. The first-order valence-corrected chi connectivity index (χ1v) is 15.2. The van der Waals surface area contributed by atoms with Gasteiger partial charge in [0.05, 0.1) is 23.8 Å². The zero-order valence-corrected chi connectivity index (χ0v) is 23.9. The van der Waals surface area contributed by atoms with Crippen molar-refractivity contribution in [3.63, 3.8) is 0 Å². The second kappa shape index (κ2) is 9.07. The maximum atomic E-state index is 13.0. The number of methoxy groups -OCH3 is 1. The van der Waals surface area contributed by atoms with Crippen LogP contribution in [0.15, 0.2) is 54.6 Å². The average Bonchev–Trinajstić information content (AvgIpc) is 3.65. The zero-order chi connectivity index (χ0) is 27.9. The van der Waals surface area contributed by atoms with Crippen molar-refractivity contribution in [2.45, 2.75) is 68.1 Å². The SMILES string of the molecule is COc1ccc2c3c1OC1c4c(cc(/C=C/C(=O)CCc5ccccc5)n4C)C[C@@]4(O)[C@H](C2)N(CC2CC2)CC[C@]314. The van der Waals surface area contributed by atoms with Gasteiger partial charge in [0.15, 0.2) is 23.4 Å². The van der Waals surface area contributed by atoms with Crippen molar-refractivity contribution < 1.29 is 19.4 Å². The summed E-state index contributed by atoms with van der Waals surface area (Å²) in [6, 6.07) is 16.6. The molecule has 0 radical (unpaired) electrons. The number of likely N-dealkylation sites (tertiary alicyclic amines) is 1. The number of aliphatic hydroxyl groups is 1. The molecule has 2 bridgehead atoms. The number of piperidine rings is 1. The summed E-state index contributed by atoms with van der Waals surface area (Å²) >= 11 is 0. The topological polar surface area (TPSA) is 63.9 Å². The number of hydrogen-bond donors (Lipinski definition) is 1. The van der Waals surface area contributed by atoms with Gasteiger partial charge in [-0.15, -0.1) is 0 Å². The van der Waals surface area contributed by atoms with Crippen LogP contribution in [0.4, 0.5) is 0 Å². The van der Waals surface area contributed by atoms with E-state index in [0.29, 0.717) is 12.8 Å². The van der Waals surface area contributed by atoms with Crippen LogP contribution in [0.5, 0.6) is 11.5 Å². The Morgan fingerprint density at radius 2 is 2.00 bits per heavy atom. The van der Waals surface area contributed by atoms with Gasteiger partial charge in [0.25, 0.3) is 0 Å². The maximum absolute atomic E-state index is 13.0. The van der Waals surface area contributed by atoms with Crippen LogP contribution >= 0.6 is 0 Å². The molecule has 0 amide bonds. The van der Waals surface area contributed by atoms with Crippen LogP contribution in [0.2, 0.25) is 0 Å².